The predicted molar refractivity (Wildman–Crippen MR) is 69.2 cm³/mol. The summed E-state index contributed by atoms with van der Waals surface area (Å²) in [6.45, 7) is 4.07. The molecule has 0 saturated carbocycles. The van der Waals surface area contributed by atoms with Crippen molar-refractivity contribution >= 4 is 0 Å². The van der Waals surface area contributed by atoms with Gasteiger partial charge in [0.05, 0.1) is 0 Å². The molecule has 2 N–H and O–H groups in total. The molecule has 0 radical (unpaired) electrons. The second-order valence-electron chi connectivity index (χ2n) is 4.28. The van der Waals surface area contributed by atoms with Crippen LogP contribution in [-0.4, -0.2) is 0 Å². The first-order valence-electron chi connectivity index (χ1n) is 5.59. The zero-order chi connectivity index (χ0) is 11.5. The number of hydrogen-bond acceptors (Lipinski definition) is 1. The number of nitrogens with two attached hydrogens (primary N) is 1. The Bertz CT molecular complexity index is 452. The highest BCUT2D eigenvalue weighted by Crippen LogP contribution is 2.32. The number of fused-ring (bicyclic) bond motifs is 1. The monoisotopic (exact) mass is 211 g/mol. The van der Waals surface area contributed by atoms with Gasteiger partial charge in [0.2, 0.25) is 0 Å². The summed E-state index contributed by atoms with van der Waals surface area (Å²) in [6.07, 6.45) is 0. The first kappa shape index (κ1) is 10.9. The summed E-state index contributed by atoms with van der Waals surface area (Å²) < 4.78 is 0. The predicted octanol–water partition coefficient (Wildman–Crippen LogP) is 3.68. The third-order valence-corrected chi connectivity index (χ3v) is 2.72. The SMILES string of the molecule is Cc1ccc(C(C)N)cc1.c1cc2cc-2c1. The second kappa shape index (κ2) is 4.50. The lowest BCUT2D eigenvalue weighted by atomic mass is 10.1. The van der Waals surface area contributed by atoms with Crippen LogP contribution in [0, 0.1) is 6.92 Å². The number of benzene rings is 2. The third kappa shape index (κ3) is 2.71. The van der Waals surface area contributed by atoms with Gasteiger partial charge in [-0.25, -0.2) is 0 Å². The van der Waals surface area contributed by atoms with Crippen molar-refractivity contribution in [3.63, 3.8) is 0 Å². The third-order valence-electron chi connectivity index (χ3n) is 2.72. The van der Waals surface area contributed by atoms with Crippen molar-refractivity contribution < 1.29 is 0 Å². The second-order valence-corrected chi connectivity index (χ2v) is 4.28. The molecule has 0 bridgehead atoms. The van der Waals surface area contributed by atoms with Gasteiger partial charge in [0, 0.05) is 6.04 Å². The first-order chi connectivity index (χ1) is 7.66. The van der Waals surface area contributed by atoms with E-state index in [4.69, 9.17) is 5.73 Å². The summed E-state index contributed by atoms with van der Waals surface area (Å²) in [4.78, 5) is 0. The van der Waals surface area contributed by atoms with Crippen molar-refractivity contribution in [1.29, 1.82) is 0 Å². The Kier molecular flexibility index (Phi) is 3.07. The van der Waals surface area contributed by atoms with Crippen LogP contribution < -0.4 is 5.73 Å². The Hall–Kier alpha value is -1.60. The van der Waals surface area contributed by atoms with Gasteiger partial charge in [0.25, 0.3) is 0 Å². The molecule has 1 nitrogen and oxygen atoms in total. The van der Waals surface area contributed by atoms with E-state index in [1.807, 2.05) is 6.92 Å². The molecule has 82 valence electrons. The molecule has 2 aliphatic carbocycles. The van der Waals surface area contributed by atoms with Crippen molar-refractivity contribution in [2.75, 3.05) is 0 Å². The van der Waals surface area contributed by atoms with E-state index in [0.717, 1.165) is 0 Å². The molecule has 1 aromatic rings. The van der Waals surface area contributed by atoms with E-state index in [9.17, 15) is 0 Å². The van der Waals surface area contributed by atoms with Gasteiger partial charge in [-0.05, 0) is 36.6 Å². The zero-order valence-electron chi connectivity index (χ0n) is 9.77. The molecule has 0 amide bonds. The van der Waals surface area contributed by atoms with Crippen molar-refractivity contribution in [3.05, 3.63) is 59.7 Å². The molecule has 16 heavy (non-hydrogen) atoms. The molecule has 0 fully saturated rings. The Morgan fingerprint density at radius 3 is 1.81 bits per heavy atom. The molecular weight excluding hydrogens is 194 g/mol. The summed E-state index contributed by atoms with van der Waals surface area (Å²) in [5.74, 6) is 0. The molecule has 0 spiro atoms. The van der Waals surface area contributed by atoms with E-state index >= 15 is 0 Å². The van der Waals surface area contributed by atoms with Gasteiger partial charge >= 0.3 is 0 Å². The molecule has 0 aromatic heterocycles. The van der Waals surface area contributed by atoms with Crippen molar-refractivity contribution in [1.82, 2.24) is 0 Å². The van der Waals surface area contributed by atoms with Gasteiger partial charge in [0.15, 0.2) is 0 Å². The Morgan fingerprint density at radius 1 is 0.938 bits per heavy atom. The minimum Gasteiger partial charge on any atom is -0.324 e. The average molecular weight is 211 g/mol. The Labute approximate surface area is 96.9 Å². The molecule has 1 heteroatoms. The van der Waals surface area contributed by atoms with E-state index in [2.05, 4.69) is 55.5 Å². The zero-order valence-corrected chi connectivity index (χ0v) is 9.77. The first-order valence-corrected chi connectivity index (χ1v) is 5.59. The van der Waals surface area contributed by atoms with Crippen molar-refractivity contribution in [3.8, 4) is 11.1 Å². The van der Waals surface area contributed by atoms with Crippen LogP contribution in [-0.2, 0) is 0 Å². The maximum absolute atomic E-state index is 5.66. The van der Waals surface area contributed by atoms with Crippen LogP contribution >= 0.6 is 0 Å². The van der Waals surface area contributed by atoms with Crippen LogP contribution in [0.3, 0.4) is 0 Å². The maximum atomic E-state index is 5.66. The van der Waals surface area contributed by atoms with E-state index in [0.29, 0.717) is 0 Å². The highest BCUT2D eigenvalue weighted by atomic mass is 14.6. The van der Waals surface area contributed by atoms with E-state index in [1.54, 1.807) is 0 Å². The highest BCUT2D eigenvalue weighted by molar-refractivity contribution is 5.80. The fourth-order valence-electron chi connectivity index (χ4n) is 1.55. The Morgan fingerprint density at radius 2 is 1.50 bits per heavy atom. The van der Waals surface area contributed by atoms with Gasteiger partial charge < -0.3 is 5.73 Å². The lowest BCUT2D eigenvalue weighted by Crippen LogP contribution is -2.04. The van der Waals surface area contributed by atoms with Crippen molar-refractivity contribution in [2.24, 2.45) is 5.73 Å². The van der Waals surface area contributed by atoms with Crippen LogP contribution in [0.15, 0.2) is 48.5 Å². The highest BCUT2D eigenvalue weighted by Gasteiger charge is 2.06. The smallest absolute Gasteiger partial charge is 0.0266 e. The molecule has 0 heterocycles. The lowest BCUT2D eigenvalue weighted by Gasteiger charge is -2.03. The van der Waals surface area contributed by atoms with Gasteiger partial charge in [-0.3, -0.25) is 0 Å². The minimum atomic E-state index is 0.153. The van der Waals surface area contributed by atoms with E-state index in [1.165, 1.54) is 22.3 Å². The molecule has 1 aromatic carbocycles. The topological polar surface area (TPSA) is 26.0 Å². The Balaban J connectivity index is 0.000000134. The molecule has 2 aliphatic rings. The summed E-state index contributed by atoms with van der Waals surface area (Å²) in [5, 5.41) is 0. The fraction of sp³-hybridized carbons (Fsp3) is 0.200. The maximum Gasteiger partial charge on any atom is 0.0266 e. The lowest BCUT2D eigenvalue weighted by molar-refractivity contribution is 0.818. The van der Waals surface area contributed by atoms with Gasteiger partial charge in [-0.1, -0.05) is 48.0 Å². The fourth-order valence-corrected chi connectivity index (χ4v) is 1.55. The number of aryl methyl sites for hydroxylation is 1. The van der Waals surface area contributed by atoms with E-state index in [-0.39, 0.29) is 6.04 Å². The van der Waals surface area contributed by atoms with Crippen LogP contribution in [0.5, 0.6) is 0 Å². The normalized spacial score (nSPS) is 12.4. The summed E-state index contributed by atoms with van der Waals surface area (Å²) in [6, 6.07) is 16.9. The molecule has 1 atom stereocenters. The molecule has 1 unspecified atom stereocenters. The van der Waals surface area contributed by atoms with Gasteiger partial charge in [-0.2, -0.15) is 0 Å². The quantitative estimate of drug-likeness (QED) is 0.652. The molecule has 0 saturated heterocycles. The standard InChI is InChI=1S/C9H13N.C6H4/c1-7-3-5-9(6-4-7)8(2)10;1-2-5-4-6(5)3-1/h3-6,8H,10H2,1-2H3;1-4H. The molecular formula is C15H17N. The van der Waals surface area contributed by atoms with Gasteiger partial charge in [-0.15, -0.1) is 0 Å². The largest absolute Gasteiger partial charge is 0.324 e. The van der Waals surface area contributed by atoms with Crippen molar-refractivity contribution in [2.45, 2.75) is 19.9 Å². The average Bonchev–Trinajstić information content (AvgIpc) is 2.87. The van der Waals surface area contributed by atoms with Crippen LogP contribution in [0.2, 0.25) is 0 Å². The molecule has 0 aliphatic heterocycles. The van der Waals surface area contributed by atoms with Gasteiger partial charge in [0.1, 0.15) is 0 Å². The van der Waals surface area contributed by atoms with E-state index < -0.39 is 0 Å². The summed E-state index contributed by atoms with van der Waals surface area (Å²) >= 11 is 0. The van der Waals surface area contributed by atoms with Crippen LogP contribution in [0.1, 0.15) is 24.1 Å². The summed E-state index contributed by atoms with van der Waals surface area (Å²) in [7, 11) is 0. The number of rotatable bonds is 1. The minimum absolute atomic E-state index is 0.153. The molecule has 3 rings (SSSR count). The number of hydrogen-bond donors (Lipinski definition) is 1. The van der Waals surface area contributed by atoms with Crippen LogP contribution in [0.25, 0.3) is 11.1 Å². The summed E-state index contributed by atoms with van der Waals surface area (Å²) in [5.41, 5.74) is 11.0. The van der Waals surface area contributed by atoms with Crippen LogP contribution in [0.4, 0.5) is 0 Å².